The van der Waals surface area contributed by atoms with Gasteiger partial charge < -0.3 is 23.4 Å². The van der Waals surface area contributed by atoms with Crippen molar-refractivity contribution in [2.45, 2.75) is 142 Å². The van der Waals surface area contributed by atoms with Gasteiger partial charge in [-0.3, -0.25) is 0 Å². The van der Waals surface area contributed by atoms with Crippen molar-refractivity contribution in [3.05, 3.63) is 132 Å². The number of benzene rings is 4. The molecule has 352 valence electrons. The zero-order chi connectivity index (χ0) is 46.4. The van der Waals surface area contributed by atoms with Gasteiger partial charge in [-0.1, -0.05) is 152 Å². The summed E-state index contributed by atoms with van der Waals surface area (Å²) < 4.78 is 34.8. The van der Waals surface area contributed by atoms with Crippen molar-refractivity contribution in [3.63, 3.8) is 0 Å². The molecule has 4 aromatic carbocycles. The Hall–Kier alpha value is -4.08. The monoisotopic (exact) mass is 911 g/mol. The number of hydrogen-bond donors (Lipinski definition) is 0. The first kappa shape index (κ1) is 47.0. The number of rotatable bonds is 13. The van der Waals surface area contributed by atoms with Gasteiger partial charge in [-0.15, -0.1) is 0 Å². The van der Waals surface area contributed by atoms with Crippen LogP contribution in [0.25, 0.3) is 0 Å². The van der Waals surface area contributed by atoms with E-state index in [-0.39, 0.29) is 94.7 Å². The van der Waals surface area contributed by atoms with Crippen LogP contribution in [-0.2, 0) is 23.4 Å². The summed E-state index contributed by atoms with van der Waals surface area (Å²) in [6.07, 6.45) is 6.86. The molecule has 0 spiro atoms. The maximum Gasteiger partial charge on any atom is 0.338 e. The second kappa shape index (κ2) is 18.8. The van der Waals surface area contributed by atoms with Crippen LogP contribution in [0.1, 0.15) is 127 Å². The molecule has 5 aliphatic rings. The van der Waals surface area contributed by atoms with Crippen LogP contribution in [0.4, 0.5) is 0 Å². The lowest BCUT2D eigenvalue weighted by Crippen LogP contribution is -2.69. The van der Waals surface area contributed by atoms with E-state index in [2.05, 4.69) is 116 Å². The van der Waals surface area contributed by atoms with Gasteiger partial charge >= 0.3 is 11.9 Å². The molecular formula is C58H74O7Si. The van der Waals surface area contributed by atoms with E-state index in [1.807, 2.05) is 60.7 Å². The highest BCUT2D eigenvalue weighted by Gasteiger charge is 2.70. The number of carbonyl (C=O) groups excluding carboxylic acids is 2. The van der Waals surface area contributed by atoms with Crippen molar-refractivity contribution < 1.29 is 33.0 Å². The summed E-state index contributed by atoms with van der Waals surface area (Å²) in [5.41, 5.74) is 1.04. The van der Waals surface area contributed by atoms with E-state index in [4.69, 9.17) is 23.4 Å². The predicted molar refractivity (Wildman–Crippen MR) is 263 cm³/mol. The summed E-state index contributed by atoms with van der Waals surface area (Å²) in [7, 11) is -2.78. The third kappa shape index (κ3) is 8.56. The van der Waals surface area contributed by atoms with Gasteiger partial charge in [-0.25, -0.2) is 9.59 Å². The summed E-state index contributed by atoms with van der Waals surface area (Å²) in [6.45, 7) is 19.2. The molecule has 0 unspecified atom stereocenters. The SMILES string of the molecule is CC(C)C[C@H](C[C@@H](C)[C@H]1C[C@@H](OC(=O)c2ccccc2)[C@H]2[C@@H]3[C@H]4OCO[C@@H]4[C@H]4C[C@@H](O[Si](c5ccccc5)(c5ccccc5)C(C)(C)C)CC[C@]4(C)[C@H]3CC[C@@]21C)OC(=O)c1ccccc1. The van der Waals surface area contributed by atoms with Gasteiger partial charge in [0.25, 0.3) is 8.32 Å². The normalized spacial score (nSPS) is 32.6. The quantitative estimate of drug-likeness (QED) is 0.0976. The first-order valence-electron chi connectivity index (χ1n) is 25.2. The van der Waals surface area contributed by atoms with Gasteiger partial charge in [0.05, 0.1) is 23.3 Å². The molecule has 4 aliphatic carbocycles. The second-order valence-electron chi connectivity index (χ2n) is 22.8. The Morgan fingerprint density at radius 3 is 1.80 bits per heavy atom. The molecule has 1 heterocycles. The smallest absolute Gasteiger partial charge is 0.338 e. The number of hydrogen-bond acceptors (Lipinski definition) is 7. The average Bonchev–Trinajstić information content (AvgIpc) is 3.91. The summed E-state index contributed by atoms with van der Waals surface area (Å²) in [5.74, 6) is 1.22. The van der Waals surface area contributed by atoms with E-state index < -0.39 is 8.32 Å². The summed E-state index contributed by atoms with van der Waals surface area (Å²) in [6, 6.07) is 40.9. The van der Waals surface area contributed by atoms with Crippen molar-refractivity contribution in [1.82, 2.24) is 0 Å². The van der Waals surface area contributed by atoms with E-state index in [0.29, 0.717) is 23.0 Å². The molecule has 7 nitrogen and oxygen atoms in total. The summed E-state index contributed by atoms with van der Waals surface area (Å²) >= 11 is 0. The Balaban J connectivity index is 1.03. The minimum absolute atomic E-state index is 0.00213. The van der Waals surface area contributed by atoms with Gasteiger partial charge in [0.1, 0.15) is 19.0 Å². The van der Waals surface area contributed by atoms with Crippen LogP contribution in [0.3, 0.4) is 0 Å². The Labute approximate surface area is 395 Å². The summed E-state index contributed by atoms with van der Waals surface area (Å²) in [4.78, 5) is 27.7. The van der Waals surface area contributed by atoms with Crippen molar-refractivity contribution in [3.8, 4) is 0 Å². The molecule has 13 atom stereocenters. The third-order valence-corrected chi connectivity index (χ3v) is 22.7. The molecule has 0 N–H and O–H groups in total. The number of fused-ring (bicyclic) bond motifs is 8. The molecule has 1 aliphatic heterocycles. The van der Waals surface area contributed by atoms with E-state index in [0.717, 1.165) is 51.4 Å². The molecule has 66 heavy (non-hydrogen) atoms. The fourth-order valence-corrected chi connectivity index (χ4v) is 19.5. The molecule has 9 rings (SSSR count). The maximum atomic E-state index is 14.2. The Bertz CT molecular complexity index is 2220. The molecule has 0 aromatic heterocycles. The van der Waals surface area contributed by atoms with Gasteiger partial charge in [0.2, 0.25) is 0 Å². The largest absolute Gasteiger partial charge is 0.459 e. The lowest BCUT2D eigenvalue weighted by molar-refractivity contribution is -0.198. The van der Waals surface area contributed by atoms with Crippen molar-refractivity contribution in [1.29, 1.82) is 0 Å². The van der Waals surface area contributed by atoms with Crippen LogP contribution < -0.4 is 10.4 Å². The first-order chi connectivity index (χ1) is 31.6. The molecule has 4 aromatic rings. The minimum Gasteiger partial charge on any atom is -0.459 e. The highest BCUT2D eigenvalue weighted by atomic mass is 28.4. The minimum atomic E-state index is -2.78. The molecule has 0 radical (unpaired) electrons. The van der Waals surface area contributed by atoms with E-state index in [9.17, 15) is 9.59 Å². The molecule has 0 bridgehead atoms. The zero-order valence-electron chi connectivity index (χ0n) is 40.7. The molecule has 4 saturated carbocycles. The van der Waals surface area contributed by atoms with Crippen LogP contribution in [-0.4, -0.2) is 57.6 Å². The lowest BCUT2D eigenvalue weighted by atomic mass is 9.43. The number of ether oxygens (including phenoxy) is 4. The summed E-state index contributed by atoms with van der Waals surface area (Å²) in [5, 5.41) is 2.52. The van der Waals surface area contributed by atoms with Crippen LogP contribution in [0.5, 0.6) is 0 Å². The number of carbonyl (C=O) groups is 2. The van der Waals surface area contributed by atoms with Crippen LogP contribution in [0.2, 0.25) is 5.04 Å². The third-order valence-electron chi connectivity index (χ3n) is 17.6. The standard InChI is InChI=1S/C58H74O7Si/c1-38(2)33-43(63-54(59)40-21-13-9-14-22-40)34-39(3)47-36-49(64-55(60)41-23-15-10-16-24-41)51-50-46(30-32-58(47,51)8)57(7)31-29-42(35-48(57)52-53(50)62-37-61-52)65-66(56(4,5)6,44-25-17-11-18-26-44)45-27-19-12-20-28-45/h9-28,38-39,42-43,46-53H,29-37H2,1-8H3/t39-,42+,43-,46+,47-,48-,49-,50-,51+,52-,53-,57-,58-/m1/s1. The maximum absolute atomic E-state index is 14.2. The molecule has 8 heteroatoms. The molecule has 1 saturated heterocycles. The fourth-order valence-electron chi connectivity index (χ4n) is 14.8. The topological polar surface area (TPSA) is 80.3 Å². The van der Waals surface area contributed by atoms with E-state index >= 15 is 0 Å². The van der Waals surface area contributed by atoms with Gasteiger partial charge in [0, 0.05) is 12.0 Å². The molecular weight excluding hydrogens is 837 g/mol. The number of esters is 2. The van der Waals surface area contributed by atoms with Crippen LogP contribution >= 0.6 is 0 Å². The molecule has 5 fully saturated rings. The highest BCUT2D eigenvalue weighted by Crippen LogP contribution is 2.70. The van der Waals surface area contributed by atoms with E-state index in [1.54, 1.807) is 0 Å². The zero-order valence-corrected chi connectivity index (χ0v) is 41.7. The van der Waals surface area contributed by atoms with Gasteiger partial charge in [-0.2, -0.15) is 0 Å². The van der Waals surface area contributed by atoms with Crippen molar-refractivity contribution in [2.24, 2.45) is 52.3 Å². The van der Waals surface area contributed by atoms with Crippen LogP contribution in [0, 0.1) is 52.3 Å². The average molecular weight is 911 g/mol. The van der Waals surface area contributed by atoms with Crippen molar-refractivity contribution >= 4 is 30.6 Å². The fraction of sp³-hybridized carbons (Fsp3) is 0.552. The van der Waals surface area contributed by atoms with Gasteiger partial charge in [-0.05, 0) is 137 Å². The Morgan fingerprint density at radius 1 is 0.682 bits per heavy atom. The second-order valence-corrected chi connectivity index (χ2v) is 27.1. The Kier molecular flexibility index (Phi) is 13.4. The molecule has 0 amide bonds. The highest BCUT2D eigenvalue weighted by molar-refractivity contribution is 6.99. The lowest BCUT2D eigenvalue weighted by Gasteiger charge is -2.64. The van der Waals surface area contributed by atoms with Crippen molar-refractivity contribution in [2.75, 3.05) is 6.79 Å². The van der Waals surface area contributed by atoms with Crippen LogP contribution in [0.15, 0.2) is 121 Å². The van der Waals surface area contributed by atoms with E-state index in [1.165, 1.54) is 10.4 Å². The van der Waals surface area contributed by atoms with Gasteiger partial charge in [0.15, 0.2) is 0 Å². The Morgan fingerprint density at radius 2 is 1.23 bits per heavy atom. The first-order valence-corrected chi connectivity index (χ1v) is 27.1. The predicted octanol–water partition coefficient (Wildman–Crippen LogP) is 11.7.